The molecule has 108 valence electrons. The van der Waals surface area contributed by atoms with Crippen molar-refractivity contribution in [1.29, 1.82) is 0 Å². The second-order valence-electron chi connectivity index (χ2n) is 5.40. The molecule has 2 aromatic rings. The maximum absolute atomic E-state index is 5.74. The Morgan fingerprint density at radius 2 is 1.80 bits per heavy atom. The van der Waals surface area contributed by atoms with Crippen LogP contribution in [0.25, 0.3) is 11.5 Å². The molecular weight excluding hydrogens is 250 g/mol. The van der Waals surface area contributed by atoms with E-state index in [4.69, 9.17) is 4.42 Å². The topological polar surface area (TPSA) is 51.0 Å². The Kier molecular flexibility index (Phi) is 4.90. The normalized spacial score (nSPS) is 12.8. The van der Waals surface area contributed by atoms with Crippen LogP contribution in [0.1, 0.15) is 57.5 Å². The largest absolute Gasteiger partial charge is 0.419 e. The minimum absolute atomic E-state index is 0.0890. The molecule has 0 amide bonds. The van der Waals surface area contributed by atoms with Crippen LogP contribution in [0.15, 0.2) is 28.7 Å². The summed E-state index contributed by atoms with van der Waals surface area (Å²) in [6, 6.07) is 8.39. The van der Waals surface area contributed by atoms with E-state index >= 15 is 0 Å². The Hall–Kier alpha value is -1.68. The van der Waals surface area contributed by atoms with Crippen LogP contribution < -0.4 is 5.32 Å². The highest BCUT2D eigenvalue weighted by Crippen LogP contribution is 2.23. The number of rotatable bonds is 6. The molecule has 0 aliphatic rings. The Bertz CT molecular complexity index is 531. The zero-order valence-corrected chi connectivity index (χ0v) is 12.7. The summed E-state index contributed by atoms with van der Waals surface area (Å²) < 4.78 is 5.74. The van der Waals surface area contributed by atoms with Gasteiger partial charge in [-0.2, -0.15) is 0 Å². The maximum Gasteiger partial charge on any atom is 0.247 e. The van der Waals surface area contributed by atoms with Crippen LogP contribution in [0, 0.1) is 0 Å². The van der Waals surface area contributed by atoms with E-state index in [1.165, 1.54) is 5.56 Å². The van der Waals surface area contributed by atoms with E-state index in [0.29, 0.717) is 17.7 Å². The van der Waals surface area contributed by atoms with E-state index in [2.05, 4.69) is 48.4 Å². The summed E-state index contributed by atoms with van der Waals surface area (Å²) >= 11 is 0. The Balaban J connectivity index is 2.11. The molecule has 1 heterocycles. The highest BCUT2D eigenvalue weighted by Gasteiger charge is 2.14. The predicted molar refractivity (Wildman–Crippen MR) is 80.5 cm³/mol. The minimum atomic E-state index is 0.0890. The molecule has 2 rings (SSSR count). The van der Waals surface area contributed by atoms with Crippen LogP contribution in [0.3, 0.4) is 0 Å². The van der Waals surface area contributed by atoms with Crippen molar-refractivity contribution < 1.29 is 4.42 Å². The third-order valence-corrected chi connectivity index (χ3v) is 3.34. The summed E-state index contributed by atoms with van der Waals surface area (Å²) in [4.78, 5) is 0. The number of hydrogen-bond acceptors (Lipinski definition) is 4. The average molecular weight is 273 g/mol. The lowest BCUT2D eigenvalue weighted by atomic mass is 10.0. The number of nitrogens with one attached hydrogen (secondary N) is 1. The molecule has 20 heavy (non-hydrogen) atoms. The average Bonchev–Trinajstić information content (AvgIpc) is 2.94. The first kappa shape index (κ1) is 14.7. The summed E-state index contributed by atoms with van der Waals surface area (Å²) in [5.74, 6) is 1.75. The maximum atomic E-state index is 5.74. The summed E-state index contributed by atoms with van der Waals surface area (Å²) in [5, 5.41) is 11.6. The molecule has 0 spiro atoms. The summed E-state index contributed by atoms with van der Waals surface area (Å²) in [7, 11) is 0. The molecule has 0 bridgehead atoms. The molecular formula is C16H23N3O. The van der Waals surface area contributed by atoms with E-state index < -0.39 is 0 Å². The number of aromatic nitrogens is 2. The number of hydrogen-bond donors (Lipinski definition) is 1. The van der Waals surface area contributed by atoms with Gasteiger partial charge in [-0.15, -0.1) is 10.2 Å². The highest BCUT2D eigenvalue weighted by molar-refractivity contribution is 5.53. The fourth-order valence-electron chi connectivity index (χ4n) is 1.98. The van der Waals surface area contributed by atoms with Crippen molar-refractivity contribution in [3.05, 3.63) is 35.7 Å². The number of benzene rings is 1. The van der Waals surface area contributed by atoms with Gasteiger partial charge in [0.1, 0.15) is 0 Å². The zero-order chi connectivity index (χ0) is 14.5. The van der Waals surface area contributed by atoms with E-state index in [1.807, 2.05) is 19.1 Å². The molecule has 4 nitrogen and oxygen atoms in total. The predicted octanol–water partition coefficient (Wildman–Crippen LogP) is 3.92. The lowest BCUT2D eigenvalue weighted by Gasteiger charge is -2.07. The molecule has 1 atom stereocenters. The minimum Gasteiger partial charge on any atom is -0.419 e. The van der Waals surface area contributed by atoms with Crippen molar-refractivity contribution in [1.82, 2.24) is 15.5 Å². The van der Waals surface area contributed by atoms with Crippen molar-refractivity contribution in [2.45, 2.75) is 46.1 Å². The van der Waals surface area contributed by atoms with Crippen molar-refractivity contribution in [2.75, 3.05) is 6.54 Å². The van der Waals surface area contributed by atoms with Gasteiger partial charge in [-0.25, -0.2) is 0 Å². The molecule has 0 aliphatic carbocycles. The fraction of sp³-hybridized carbons (Fsp3) is 0.500. The third-order valence-electron chi connectivity index (χ3n) is 3.34. The van der Waals surface area contributed by atoms with E-state index in [1.54, 1.807) is 0 Å². The quantitative estimate of drug-likeness (QED) is 0.866. The molecule has 0 radical (unpaired) electrons. The first-order chi connectivity index (χ1) is 9.61. The van der Waals surface area contributed by atoms with Gasteiger partial charge < -0.3 is 9.73 Å². The Morgan fingerprint density at radius 1 is 1.10 bits per heavy atom. The SMILES string of the molecule is CCCNC(C)c1nnc(-c2ccc(C(C)C)cc2)o1. The van der Waals surface area contributed by atoms with E-state index in [0.717, 1.165) is 18.5 Å². The van der Waals surface area contributed by atoms with Crippen LogP contribution in [-0.2, 0) is 0 Å². The lowest BCUT2D eigenvalue weighted by molar-refractivity contribution is 0.423. The monoisotopic (exact) mass is 273 g/mol. The molecule has 0 aliphatic heterocycles. The van der Waals surface area contributed by atoms with Gasteiger partial charge in [-0.05, 0) is 43.5 Å². The molecule has 1 unspecified atom stereocenters. The highest BCUT2D eigenvalue weighted by atomic mass is 16.4. The second kappa shape index (κ2) is 6.66. The molecule has 4 heteroatoms. The molecule has 0 saturated carbocycles. The number of nitrogens with zero attached hydrogens (tertiary/aromatic N) is 2. The van der Waals surface area contributed by atoms with Crippen molar-refractivity contribution in [3.8, 4) is 11.5 Å². The van der Waals surface area contributed by atoms with Gasteiger partial charge in [-0.3, -0.25) is 0 Å². The van der Waals surface area contributed by atoms with Crippen LogP contribution in [0.5, 0.6) is 0 Å². The molecule has 0 saturated heterocycles. The Morgan fingerprint density at radius 3 is 2.40 bits per heavy atom. The van der Waals surface area contributed by atoms with Gasteiger partial charge in [0.15, 0.2) is 0 Å². The third kappa shape index (κ3) is 3.45. The van der Waals surface area contributed by atoms with Crippen LogP contribution >= 0.6 is 0 Å². The molecule has 1 aromatic heterocycles. The van der Waals surface area contributed by atoms with Crippen molar-refractivity contribution in [3.63, 3.8) is 0 Å². The Labute approximate surface area is 120 Å². The van der Waals surface area contributed by atoms with Gasteiger partial charge in [0, 0.05) is 5.56 Å². The van der Waals surface area contributed by atoms with E-state index in [9.17, 15) is 0 Å². The second-order valence-corrected chi connectivity index (χ2v) is 5.40. The smallest absolute Gasteiger partial charge is 0.247 e. The van der Waals surface area contributed by atoms with Gasteiger partial charge in [0.2, 0.25) is 11.8 Å². The molecule has 1 aromatic carbocycles. The van der Waals surface area contributed by atoms with Crippen molar-refractivity contribution >= 4 is 0 Å². The van der Waals surface area contributed by atoms with Crippen molar-refractivity contribution in [2.24, 2.45) is 0 Å². The summed E-state index contributed by atoms with van der Waals surface area (Å²) in [5.41, 5.74) is 2.28. The summed E-state index contributed by atoms with van der Waals surface area (Å²) in [6.45, 7) is 9.48. The summed E-state index contributed by atoms with van der Waals surface area (Å²) in [6.07, 6.45) is 1.09. The van der Waals surface area contributed by atoms with Gasteiger partial charge in [-0.1, -0.05) is 32.9 Å². The van der Waals surface area contributed by atoms with Crippen LogP contribution in [0.2, 0.25) is 0 Å². The molecule has 0 fully saturated rings. The van der Waals surface area contributed by atoms with Gasteiger partial charge in [0.25, 0.3) is 0 Å². The van der Waals surface area contributed by atoms with Crippen LogP contribution in [0.4, 0.5) is 0 Å². The van der Waals surface area contributed by atoms with Gasteiger partial charge >= 0.3 is 0 Å². The zero-order valence-electron chi connectivity index (χ0n) is 12.7. The van der Waals surface area contributed by atoms with Crippen LogP contribution in [-0.4, -0.2) is 16.7 Å². The first-order valence-electron chi connectivity index (χ1n) is 7.29. The van der Waals surface area contributed by atoms with Gasteiger partial charge in [0.05, 0.1) is 6.04 Å². The standard InChI is InChI=1S/C16H23N3O/c1-5-10-17-12(4)15-18-19-16(20-15)14-8-6-13(7-9-14)11(2)3/h6-9,11-12,17H,5,10H2,1-4H3. The fourth-order valence-corrected chi connectivity index (χ4v) is 1.98. The van der Waals surface area contributed by atoms with E-state index in [-0.39, 0.29) is 6.04 Å². The lowest BCUT2D eigenvalue weighted by Crippen LogP contribution is -2.19. The first-order valence-corrected chi connectivity index (χ1v) is 7.29. The molecule has 1 N–H and O–H groups in total.